The summed E-state index contributed by atoms with van der Waals surface area (Å²) in [5.74, 6) is -0.536. The molecule has 404 valence electrons. The molecule has 4 amide bonds. The molecule has 0 spiro atoms. The number of hydrogen-bond acceptors (Lipinski definition) is 15. The van der Waals surface area contributed by atoms with Gasteiger partial charge in [0.2, 0.25) is 23.5 Å². The van der Waals surface area contributed by atoms with Crippen molar-refractivity contribution < 1.29 is 57.3 Å². The number of ether oxygens (including phenoxy) is 4. The molecule has 2 saturated heterocycles. The first kappa shape index (κ1) is 56.7. The molecule has 2 fully saturated rings. The lowest BCUT2D eigenvalue weighted by atomic mass is 10.0. The van der Waals surface area contributed by atoms with Crippen molar-refractivity contribution in [1.29, 1.82) is 0 Å². The van der Waals surface area contributed by atoms with Crippen molar-refractivity contribution >= 4 is 76.4 Å². The van der Waals surface area contributed by atoms with Crippen LogP contribution in [0, 0.1) is 6.92 Å². The number of aliphatic imine (C=N–C) groups is 1. The van der Waals surface area contributed by atoms with Crippen LogP contribution < -0.4 is 10.1 Å². The van der Waals surface area contributed by atoms with E-state index in [4.69, 9.17) is 18.9 Å². The molecule has 3 aliphatic heterocycles. The van der Waals surface area contributed by atoms with Gasteiger partial charge in [-0.2, -0.15) is 11.8 Å². The van der Waals surface area contributed by atoms with Gasteiger partial charge in [0, 0.05) is 109 Å². The van der Waals surface area contributed by atoms with Crippen LogP contribution in [-0.4, -0.2) is 147 Å². The normalized spacial score (nSPS) is 16.4. The van der Waals surface area contributed by atoms with Gasteiger partial charge in [0.25, 0.3) is 5.91 Å². The zero-order chi connectivity index (χ0) is 54.5. The second kappa shape index (κ2) is 26.6. The maximum absolute atomic E-state index is 13.4. The molecule has 0 aliphatic carbocycles. The summed E-state index contributed by atoms with van der Waals surface area (Å²) in [6, 6.07) is 12.6. The van der Waals surface area contributed by atoms with Gasteiger partial charge in [0.05, 0.1) is 55.1 Å². The van der Waals surface area contributed by atoms with Gasteiger partial charge in [0.1, 0.15) is 23.0 Å². The Morgan fingerprint density at radius 1 is 0.842 bits per heavy atom. The number of likely N-dealkylation sites (tertiary alicyclic amines) is 1. The molecule has 2 aromatic heterocycles. The van der Waals surface area contributed by atoms with E-state index in [0.717, 1.165) is 27.8 Å². The van der Waals surface area contributed by atoms with E-state index in [9.17, 15) is 38.4 Å². The van der Waals surface area contributed by atoms with E-state index >= 15 is 0 Å². The molecule has 20 heteroatoms. The van der Waals surface area contributed by atoms with E-state index in [1.54, 1.807) is 71.9 Å². The Balaban J connectivity index is 0.751. The molecule has 3 aliphatic rings. The van der Waals surface area contributed by atoms with E-state index in [1.165, 1.54) is 16.7 Å². The molecule has 4 aromatic rings. The average Bonchev–Trinajstić information content (AvgIpc) is 4.14. The smallest absolute Gasteiger partial charge is 0.355 e. The van der Waals surface area contributed by atoms with Gasteiger partial charge in [-0.1, -0.05) is 36.4 Å². The van der Waals surface area contributed by atoms with Crippen LogP contribution in [0.25, 0.3) is 11.1 Å². The lowest BCUT2D eigenvalue weighted by Crippen LogP contribution is -2.35. The summed E-state index contributed by atoms with van der Waals surface area (Å²) in [7, 11) is 3.44. The van der Waals surface area contributed by atoms with Crippen LogP contribution in [0.4, 0.5) is 11.5 Å². The second-order valence-corrected chi connectivity index (χ2v) is 20.5. The molecular weight excluding hydrogens is 995 g/mol. The highest BCUT2D eigenvalue weighted by molar-refractivity contribution is 8.00. The Morgan fingerprint density at radius 3 is 2.33 bits per heavy atom. The minimum Gasteiger partial charge on any atom is -0.493 e. The Hall–Kier alpha value is -7.03. The van der Waals surface area contributed by atoms with Gasteiger partial charge in [-0.3, -0.25) is 43.5 Å². The predicted molar refractivity (Wildman–Crippen MR) is 286 cm³/mol. The third kappa shape index (κ3) is 15.1. The number of imide groups is 1. The van der Waals surface area contributed by atoms with Gasteiger partial charge >= 0.3 is 5.97 Å². The monoisotopic (exact) mass is 1060 g/mol. The number of ketones is 3. The predicted octanol–water partition coefficient (Wildman–Crippen LogP) is 6.99. The maximum atomic E-state index is 13.4. The van der Waals surface area contributed by atoms with Crippen LogP contribution in [0.15, 0.2) is 72.0 Å². The average molecular weight is 1060 g/mol. The number of aryl methyl sites for hydroxylation is 3. The molecule has 2 unspecified atom stereocenters. The van der Waals surface area contributed by atoms with Crippen LogP contribution in [-0.2, 0) is 58.7 Å². The van der Waals surface area contributed by atoms with Gasteiger partial charge in [0.15, 0.2) is 11.6 Å². The molecule has 5 heterocycles. The number of imidazole rings is 1. The summed E-state index contributed by atoms with van der Waals surface area (Å²) in [5, 5.41) is 2.42. The lowest BCUT2D eigenvalue weighted by Gasteiger charge is -2.20. The molecule has 0 radical (unpaired) electrons. The van der Waals surface area contributed by atoms with Crippen molar-refractivity contribution in [2.24, 2.45) is 19.1 Å². The molecule has 0 bridgehead atoms. The number of esters is 1. The van der Waals surface area contributed by atoms with Gasteiger partial charge in [-0.15, -0.1) is 0 Å². The van der Waals surface area contributed by atoms with E-state index in [-0.39, 0.29) is 122 Å². The molecule has 76 heavy (non-hydrogen) atoms. The maximum Gasteiger partial charge on any atom is 0.355 e. The fourth-order valence-corrected chi connectivity index (χ4v) is 9.77. The Morgan fingerprint density at radius 2 is 1.58 bits per heavy atom. The van der Waals surface area contributed by atoms with Crippen LogP contribution in [0.3, 0.4) is 0 Å². The first-order chi connectivity index (χ1) is 36.5. The molecule has 0 saturated carbocycles. The number of nitrogens with zero attached hydrogens (tertiary/aromatic N) is 6. The van der Waals surface area contributed by atoms with Crippen molar-refractivity contribution in [2.75, 3.05) is 57.7 Å². The highest BCUT2D eigenvalue weighted by atomic mass is 32.2. The molecule has 3 atom stereocenters. The van der Waals surface area contributed by atoms with E-state index in [1.807, 2.05) is 37.4 Å². The third-order valence-electron chi connectivity index (χ3n) is 13.4. The Labute approximate surface area is 446 Å². The number of rotatable bonds is 29. The summed E-state index contributed by atoms with van der Waals surface area (Å²) in [4.78, 5) is 114. The first-order valence-corrected chi connectivity index (χ1v) is 26.9. The second-order valence-electron chi connectivity index (χ2n) is 19.4. The zero-order valence-corrected chi connectivity index (χ0v) is 44.7. The number of anilines is 1. The van der Waals surface area contributed by atoms with E-state index < -0.39 is 12.1 Å². The number of amides is 4. The van der Waals surface area contributed by atoms with Crippen LogP contribution in [0.5, 0.6) is 5.75 Å². The molecule has 1 N–H and O–H groups in total. The number of carbonyl (C=O) groups is 8. The number of Topliss-reactive ketones (excluding diaryl/α,β-unsaturated/α-hetero) is 3. The Bertz CT molecular complexity index is 2870. The minimum atomic E-state index is -0.515. The number of fused-ring (bicyclic) bond motifs is 2. The number of aromatic nitrogens is 3. The summed E-state index contributed by atoms with van der Waals surface area (Å²) in [6.45, 7) is 9.76. The number of hydrogen-bond donors (Lipinski definition) is 1. The van der Waals surface area contributed by atoms with E-state index in [2.05, 4.69) is 21.9 Å². The SMILES string of the molecule is C=C1C[C@H]2C=Nc3cc(OCCCC(=O)Nc4cn(C)c(C(=O)Cc5ccc(-c6cc(C(=O)OC(C)CCC(=O)CCOCCOCCCC(=O)CCN7C(=O)CC(SC)C7=O)n(C)c6)cc5)n4)c(C)cc3C(=O)N2C1. The number of thioether (sulfide) groups is 1. The summed E-state index contributed by atoms with van der Waals surface area (Å²) in [5.41, 5.74) is 5.60. The van der Waals surface area contributed by atoms with Gasteiger partial charge < -0.3 is 38.3 Å². The highest BCUT2D eigenvalue weighted by Gasteiger charge is 2.38. The highest BCUT2D eigenvalue weighted by Crippen LogP contribution is 2.35. The summed E-state index contributed by atoms with van der Waals surface area (Å²) in [6.07, 6.45) is 9.77. The minimum absolute atomic E-state index is 0.0167. The van der Waals surface area contributed by atoms with Crippen molar-refractivity contribution in [3.05, 3.63) is 95.2 Å². The van der Waals surface area contributed by atoms with Crippen LogP contribution >= 0.6 is 11.8 Å². The fourth-order valence-electron chi connectivity index (χ4n) is 9.13. The van der Waals surface area contributed by atoms with Crippen LogP contribution in [0.2, 0.25) is 0 Å². The fraction of sp³-hybridized carbons (Fsp3) is 0.464. The van der Waals surface area contributed by atoms with Crippen molar-refractivity contribution in [1.82, 2.24) is 23.9 Å². The van der Waals surface area contributed by atoms with Crippen molar-refractivity contribution in [2.45, 2.75) is 102 Å². The van der Waals surface area contributed by atoms with Gasteiger partial charge in [-0.25, -0.2) is 9.78 Å². The number of carbonyl (C=O) groups excluding carboxylic acids is 8. The zero-order valence-electron chi connectivity index (χ0n) is 43.9. The molecule has 7 rings (SSSR count). The quantitative estimate of drug-likeness (QED) is 0.0190. The largest absolute Gasteiger partial charge is 0.493 e. The van der Waals surface area contributed by atoms with Crippen molar-refractivity contribution in [3.63, 3.8) is 0 Å². The van der Waals surface area contributed by atoms with Crippen LogP contribution in [0.1, 0.15) is 114 Å². The molecular formula is C56H67N7O12S. The topological polar surface area (TPSA) is 227 Å². The number of nitrogens with one attached hydrogen (secondary N) is 1. The third-order valence-corrected chi connectivity index (χ3v) is 14.3. The van der Waals surface area contributed by atoms with Crippen molar-refractivity contribution in [3.8, 4) is 16.9 Å². The van der Waals surface area contributed by atoms with E-state index in [0.29, 0.717) is 81.2 Å². The summed E-state index contributed by atoms with van der Waals surface area (Å²) >= 11 is 1.35. The first-order valence-electron chi connectivity index (χ1n) is 25.7. The van der Waals surface area contributed by atoms with Gasteiger partial charge in [-0.05, 0) is 74.6 Å². The summed E-state index contributed by atoms with van der Waals surface area (Å²) < 4.78 is 26.0. The molecule has 19 nitrogen and oxygen atoms in total. The molecule has 2 aromatic carbocycles. The number of benzene rings is 2. The Kier molecular flexibility index (Phi) is 19.9. The standard InChI is InChI=1S/C56H67N7O12S/c1-35-25-41-31-57-45-29-48(36(2)26-44(45)54(69)63(41)32-35)74-21-8-10-51(67)58-50-34-61(5)53(59-50)47(66)27-38-12-14-39(15-13-38)40-28-46(60(4)33-40)56(71)75-37(3)11-16-43(65)18-22-73-24-23-72-20-7-9-42(64)17-19-62-52(68)30-49(76-6)55(62)70/h12-15,26,28-29,31,33-34,37,41,49H,1,7-11,16-25,27,30,32H2,2-6H3,(H,58,67)/t37?,41-,49?/m0/s1. The lowest BCUT2D eigenvalue weighted by molar-refractivity contribution is -0.138.